The van der Waals surface area contributed by atoms with E-state index in [0.717, 1.165) is 0 Å². The molecule has 2 aliphatic carbocycles. The molecule has 0 amide bonds. The molecule has 1 aromatic rings. The smallest absolute Gasteiger partial charge is 0.00272 e. The van der Waals surface area contributed by atoms with Crippen LogP contribution >= 0.6 is 0 Å². The van der Waals surface area contributed by atoms with Crippen LogP contribution in [0.15, 0.2) is 47.6 Å². The third kappa shape index (κ3) is 2.45. The van der Waals surface area contributed by atoms with E-state index in [9.17, 15) is 0 Å². The second kappa shape index (κ2) is 4.85. The SMILES string of the molecule is Cc1ccc2c(c1)C=C1C=CC(C(C)C)=CC1CC2. The zero-order valence-corrected chi connectivity index (χ0v) is 12.1. The molecule has 0 spiro atoms. The third-order valence-corrected chi connectivity index (χ3v) is 4.30. The van der Waals surface area contributed by atoms with Crippen LogP contribution in [0.4, 0.5) is 0 Å². The number of hydrogen-bond acceptors (Lipinski definition) is 0. The topological polar surface area (TPSA) is 0 Å². The standard InChI is InChI=1S/C19H22/c1-13(2)16-7-9-18-12-19-10-14(3)4-5-15(19)6-8-17(18)11-16/h4-5,7,9-13,17H,6,8H2,1-3H3. The minimum Gasteiger partial charge on any atom is -0.0735 e. The first kappa shape index (κ1) is 12.5. The molecule has 0 fully saturated rings. The average molecular weight is 250 g/mol. The van der Waals surface area contributed by atoms with Crippen molar-refractivity contribution in [2.24, 2.45) is 11.8 Å². The molecule has 0 aromatic heterocycles. The summed E-state index contributed by atoms with van der Waals surface area (Å²) in [6.07, 6.45) is 11.9. The summed E-state index contributed by atoms with van der Waals surface area (Å²) >= 11 is 0. The van der Waals surface area contributed by atoms with Crippen molar-refractivity contribution in [2.75, 3.05) is 0 Å². The number of benzene rings is 1. The van der Waals surface area contributed by atoms with Gasteiger partial charge in [-0.1, -0.05) is 61.9 Å². The van der Waals surface area contributed by atoms with Crippen molar-refractivity contribution in [1.29, 1.82) is 0 Å². The molecular weight excluding hydrogens is 228 g/mol. The summed E-state index contributed by atoms with van der Waals surface area (Å²) in [5, 5.41) is 0. The van der Waals surface area contributed by atoms with Gasteiger partial charge < -0.3 is 0 Å². The van der Waals surface area contributed by atoms with Gasteiger partial charge >= 0.3 is 0 Å². The molecule has 2 aliphatic rings. The van der Waals surface area contributed by atoms with Crippen molar-refractivity contribution in [3.05, 3.63) is 64.3 Å². The predicted octanol–water partition coefficient (Wildman–Crippen LogP) is 5.09. The van der Waals surface area contributed by atoms with Gasteiger partial charge in [-0.3, -0.25) is 0 Å². The van der Waals surface area contributed by atoms with Crippen LogP contribution in [0.2, 0.25) is 0 Å². The highest BCUT2D eigenvalue weighted by Crippen LogP contribution is 2.34. The van der Waals surface area contributed by atoms with Gasteiger partial charge in [0.05, 0.1) is 0 Å². The van der Waals surface area contributed by atoms with Gasteiger partial charge in [0.1, 0.15) is 0 Å². The lowest BCUT2D eigenvalue weighted by atomic mass is 9.85. The largest absolute Gasteiger partial charge is 0.0735 e. The first-order chi connectivity index (χ1) is 9.13. The van der Waals surface area contributed by atoms with Crippen molar-refractivity contribution in [3.8, 4) is 0 Å². The molecule has 1 atom stereocenters. The Morgan fingerprint density at radius 2 is 2.00 bits per heavy atom. The minimum atomic E-state index is 0.607. The maximum atomic E-state index is 2.48. The van der Waals surface area contributed by atoms with Gasteiger partial charge in [0.25, 0.3) is 0 Å². The Morgan fingerprint density at radius 3 is 2.79 bits per heavy atom. The summed E-state index contributed by atoms with van der Waals surface area (Å²) in [6, 6.07) is 6.85. The van der Waals surface area contributed by atoms with E-state index in [-0.39, 0.29) is 0 Å². The molecule has 1 aromatic carbocycles. The van der Waals surface area contributed by atoms with Gasteiger partial charge in [0.2, 0.25) is 0 Å². The van der Waals surface area contributed by atoms with Gasteiger partial charge in [-0.05, 0) is 48.0 Å². The predicted molar refractivity (Wildman–Crippen MR) is 83.0 cm³/mol. The molecule has 0 heteroatoms. The van der Waals surface area contributed by atoms with Crippen LogP contribution in [0.1, 0.15) is 37.0 Å². The number of hydrogen-bond donors (Lipinski definition) is 0. The van der Waals surface area contributed by atoms with E-state index in [1.54, 1.807) is 0 Å². The first-order valence-electron chi connectivity index (χ1n) is 7.34. The average Bonchev–Trinajstić information content (AvgIpc) is 2.56. The highest BCUT2D eigenvalue weighted by molar-refractivity contribution is 5.64. The number of aryl methyl sites for hydroxylation is 2. The van der Waals surface area contributed by atoms with Gasteiger partial charge in [-0.15, -0.1) is 0 Å². The summed E-state index contributed by atoms with van der Waals surface area (Å²) in [4.78, 5) is 0. The Hall–Kier alpha value is -1.56. The summed E-state index contributed by atoms with van der Waals surface area (Å²) in [6.45, 7) is 6.73. The molecule has 0 heterocycles. The van der Waals surface area contributed by atoms with Crippen LogP contribution in [-0.4, -0.2) is 0 Å². The highest BCUT2D eigenvalue weighted by atomic mass is 14.2. The number of fused-ring (bicyclic) bond motifs is 2. The van der Waals surface area contributed by atoms with E-state index < -0.39 is 0 Å². The lowest BCUT2D eigenvalue weighted by molar-refractivity contribution is 0.667. The van der Waals surface area contributed by atoms with Crippen LogP contribution < -0.4 is 0 Å². The van der Waals surface area contributed by atoms with Gasteiger partial charge in [0.15, 0.2) is 0 Å². The zero-order valence-electron chi connectivity index (χ0n) is 12.1. The van der Waals surface area contributed by atoms with Crippen molar-refractivity contribution in [3.63, 3.8) is 0 Å². The lowest BCUT2D eigenvalue weighted by Gasteiger charge is -2.20. The van der Waals surface area contributed by atoms with Gasteiger partial charge in [-0.25, -0.2) is 0 Å². The Bertz CT molecular complexity index is 582. The quantitative estimate of drug-likeness (QED) is 0.651. The zero-order chi connectivity index (χ0) is 13.4. The second-order valence-corrected chi connectivity index (χ2v) is 6.15. The van der Waals surface area contributed by atoms with Crippen molar-refractivity contribution >= 4 is 6.08 Å². The number of allylic oxidation sites excluding steroid dienone is 5. The summed E-state index contributed by atoms with van der Waals surface area (Å²) in [7, 11) is 0. The van der Waals surface area contributed by atoms with Crippen molar-refractivity contribution in [1.82, 2.24) is 0 Å². The maximum absolute atomic E-state index is 2.48. The maximum Gasteiger partial charge on any atom is 0.00272 e. The molecular formula is C19H22. The monoisotopic (exact) mass is 250 g/mol. The second-order valence-electron chi connectivity index (χ2n) is 6.15. The fourth-order valence-corrected chi connectivity index (χ4v) is 3.06. The molecule has 1 unspecified atom stereocenters. The third-order valence-electron chi connectivity index (χ3n) is 4.30. The molecule has 0 N–H and O–H groups in total. The summed E-state index contributed by atoms with van der Waals surface area (Å²) in [5.74, 6) is 1.24. The lowest BCUT2D eigenvalue weighted by Crippen LogP contribution is -2.06. The highest BCUT2D eigenvalue weighted by Gasteiger charge is 2.19. The molecule has 98 valence electrons. The molecule has 0 aliphatic heterocycles. The summed E-state index contributed by atoms with van der Waals surface area (Å²) < 4.78 is 0. The Kier molecular flexibility index (Phi) is 3.18. The summed E-state index contributed by atoms with van der Waals surface area (Å²) in [5.41, 5.74) is 7.24. The van der Waals surface area contributed by atoms with Crippen molar-refractivity contribution < 1.29 is 0 Å². The van der Waals surface area contributed by atoms with Gasteiger partial charge in [0, 0.05) is 5.92 Å². The van der Waals surface area contributed by atoms with Crippen LogP contribution in [-0.2, 0) is 6.42 Å². The number of rotatable bonds is 1. The van der Waals surface area contributed by atoms with E-state index in [1.165, 1.54) is 40.7 Å². The fourth-order valence-electron chi connectivity index (χ4n) is 3.06. The van der Waals surface area contributed by atoms with Crippen LogP contribution in [0.5, 0.6) is 0 Å². The van der Waals surface area contributed by atoms with Crippen LogP contribution in [0.3, 0.4) is 0 Å². The first-order valence-corrected chi connectivity index (χ1v) is 7.34. The Morgan fingerprint density at radius 1 is 1.16 bits per heavy atom. The molecule has 3 rings (SSSR count). The fraction of sp³-hybridized carbons (Fsp3) is 0.368. The molecule has 0 radical (unpaired) electrons. The van der Waals surface area contributed by atoms with E-state index in [0.29, 0.717) is 11.8 Å². The van der Waals surface area contributed by atoms with E-state index in [2.05, 4.69) is 63.3 Å². The molecule has 0 bridgehead atoms. The molecule has 0 saturated heterocycles. The van der Waals surface area contributed by atoms with Crippen LogP contribution in [0, 0.1) is 18.8 Å². The molecule has 0 nitrogen and oxygen atoms in total. The van der Waals surface area contributed by atoms with E-state index >= 15 is 0 Å². The van der Waals surface area contributed by atoms with Crippen molar-refractivity contribution in [2.45, 2.75) is 33.6 Å². The molecule has 0 saturated carbocycles. The van der Waals surface area contributed by atoms with E-state index in [1.807, 2.05) is 0 Å². The Balaban J connectivity index is 1.99. The minimum absolute atomic E-state index is 0.607. The van der Waals surface area contributed by atoms with E-state index in [4.69, 9.17) is 0 Å². The Labute approximate surface area is 116 Å². The van der Waals surface area contributed by atoms with Crippen LogP contribution in [0.25, 0.3) is 6.08 Å². The normalized spacial score (nSPS) is 21.4. The molecule has 19 heavy (non-hydrogen) atoms. The van der Waals surface area contributed by atoms with Gasteiger partial charge in [-0.2, -0.15) is 0 Å².